The molecule has 0 aliphatic carbocycles. The summed E-state index contributed by atoms with van der Waals surface area (Å²) in [5.41, 5.74) is 0. The van der Waals surface area contributed by atoms with E-state index in [9.17, 15) is 4.39 Å². The minimum atomic E-state index is -0.524. The molecule has 0 fully saturated rings. The fourth-order valence-corrected chi connectivity index (χ4v) is 0.0445. The molecule has 0 amide bonds. The molecule has 0 unspecified atom stereocenters. The first-order valence-electron chi connectivity index (χ1n) is 1.41. The fraction of sp³-hybridized carbons (Fsp3) is 0.667. The molecule has 6 heavy (non-hydrogen) atoms. The van der Waals surface area contributed by atoms with E-state index < -0.39 is 6.67 Å². The molecule has 0 radical (unpaired) electrons. The van der Waals surface area contributed by atoms with Crippen molar-refractivity contribution in [1.82, 2.24) is 0 Å². The Kier molecular flexibility index (Phi) is 14.9. The summed E-state index contributed by atoms with van der Waals surface area (Å²) in [5.74, 6) is 0. The summed E-state index contributed by atoms with van der Waals surface area (Å²) in [6.45, 7) is -0.524. The number of carbonyl (C=O) groups excluding carboxylic acids is 1. The number of halogens is 1. The summed E-state index contributed by atoms with van der Waals surface area (Å²) in [6, 6.07) is 0. The maximum atomic E-state index is 10.8. The van der Waals surface area contributed by atoms with Gasteiger partial charge < -0.3 is 4.79 Å². The van der Waals surface area contributed by atoms with E-state index in [1.165, 1.54) is 0 Å². The summed E-state index contributed by atoms with van der Waals surface area (Å²) in [5, 5.41) is 0. The molecule has 0 aromatic rings. The zero-order valence-corrected chi connectivity index (χ0v) is 2.78. The van der Waals surface area contributed by atoms with Crippen LogP contribution in [-0.4, -0.2) is 42.5 Å². The Labute approximate surface area is 58.2 Å². The van der Waals surface area contributed by atoms with Crippen LogP contribution in [0.2, 0.25) is 0 Å². The first-order valence-corrected chi connectivity index (χ1v) is 1.41. The Morgan fingerprint density at radius 1 is 1.67 bits per heavy atom. The molecule has 0 N–H and O–H groups in total. The van der Waals surface area contributed by atoms with Crippen molar-refractivity contribution in [2.75, 3.05) is 6.67 Å². The summed E-state index contributed by atoms with van der Waals surface area (Å²) >= 11 is 0. The van der Waals surface area contributed by atoms with Crippen LogP contribution in [0.4, 0.5) is 4.39 Å². The van der Waals surface area contributed by atoms with Crippen molar-refractivity contribution in [1.29, 1.82) is 0 Å². The molecule has 0 rings (SSSR count). The van der Waals surface area contributed by atoms with Gasteiger partial charge >= 0.3 is 29.6 Å². The predicted molar refractivity (Wildman–Crippen MR) is 23.8 cm³/mol. The number of hydrogen-bond acceptors (Lipinski definition) is 1. The molecule has 0 aliphatic heterocycles. The summed E-state index contributed by atoms with van der Waals surface area (Å²) in [7, 11) is 0. The van der Waals surface area contributed by atoms with Gasteiger partial charge in [0.05, 0.1) is 6.67 Å². The van der Waals surface area contributed by atoms with Gasteiger partial charge in [-0.2, -0.15) is 0 Å². The summed E-state index contributed by atoms with van der Waals surface area (Å²) in [4.78, 5) is 9.16. The van der Waals surface area contributed by atoms with E-state index in [0.29, 0.717) is 6.29 Å². The molecule has 0 saturated carbocycles. The van der Waals surface area contributed by atoms with Gasteiger partial charge in [0.15, 0.2) is 0 Å². The molecular weight excluding hydrogens is 94.0 g/mol. The molecule has 3 heteroatoms. The van der Waals surface area contributed by atoms with Crippen LogP contribution in [-0.2, 0) is 4.79 Å². The van der Waals surface area contributed by atoms with Crippen LogP contribution < -0.4 is 0 Å². The average molecular weight is 100 g/mol. The maximum absolute atomic E-state index is 10.8. The van der Waals surface area contributed by atoms with Gasteiger partial charge in [-0.1, -0.05) is 0 Å². The zero-order chi connectivity index (χ0) is 4.12. The molecule has 0 aliphatic rings. The van der Waals surface area contributed by atoms with Crippen LogP contribution in [0.1, 0.15) is 6.42 Å². The molecule has 0 saturated heterocycles. The van der Waals surface area contributed by atoms with Crippen molar-refractivity contribution in [3.8, 4) is 0 Å². The normalized spacial score (nSPS) is 6.17. The second-order valence-corrected chi connectivity index (χ2v) is 0.644. The van der Waals surface area contributed by atoms with E-state index in [2.05, 4.69) is 0 Å². The fourth-order valence-electron chi connectivity index (χ4n) is 0.0445. The minimum absolute atomic E-state index is 0. The van der Waals surface area contributed by atoms with Crippen LogP contribution in [0.3, 0.4) is 0 Å². The first kappa shape index (κ1) is 9.78. The Bertz CT molecular complexity index is 32.0. The van der Waals surface area contributed by atoms with Crippen molar-refractivity contribution in [2.45, 2.75) is 6.42 Å². The SMILES string of the molecule is O=CCCF.[NaH]. The monoisotopic (exact) mass is 100 g/mol. The van der Waals surface area contributed by atoms with Crippen LogP contribution in [0.15, 0.2) is 0 Å². The van der Waals surface area contributed by atoms with Gasteiger partial charge in [-0.05, 0) is 0 Å². The number of aldehydes is 1. The van der Waals surface area contributed by atoms with Crippen LogP contribution in [0, 0.1) is 0 Å². The topological polar surface area (TPSA) is 17.1 Å². The summed E-state index contributed by atoms with van der Waals surface area (Å²) < 4.78 is 10.8. The van der Waals surface area contributed by atoms with Gasteiger partial charge in [0, 0.05) is 6.42 Å². The average Bonchev–Trinajstić information content (AvgIpc) is 1.41. The van der Waals surface area contributed by atoms with E-state index in [4.69, 9.17) is 4.79 Å². The number of hydrogen-bond donors (Lipinski definition) is 0. The Balaban J connectivity index is 0. The van der Waals surface area contributed by atoms with Gasteiger partial charge in [-0.3, -0.25) is 4.39 Å². The van der Waals surface area contributed by atoms with Crippen molar-refractivity contribution >= 4 is 35.8 Å². The quantitative estimate of drug-likeness (QED) is 0.349. The third-order valence-electron chi connectivity index (χ3n) is 0.227. The van der Waals surface area contributed by atoms with Crippen molar-refractivity contribution < 1.29 is 9.18 Å². The molecule has 0 heterocycles. The van der Waals surface area contributed by atoms with Crippen molar-refractivity contribution in [3.63, 3.8) is 0 Å². The van der Waals surface area contributed by atoms with Gasteiger partial charge in [0.2, 0.25) is 0 Å². The Morgan fingerprint density at radius 2 is 2.17 bits per heavy atom. The first-order chi connectivity index (χ1) is 2.41. The Morgan fingerprint density at radius 3 is 2.17 bits per heavy atom. The Hall–Kier alpha value is 0.600. The van der Waals surface area contributed by atoms with Gasteiger partial charge in [-0.15, -0.1) is 0 Å². The molecule has 0 bridgehead atoms. The molecule has 0 spiro atoms. The van der Waals surface area contributed by atoms with Crippen molar-refractivity contribution in [3.05, 3.63) is 0 Å². The van der Waals surface area contributed by atoms with Crippen LogP contribution in [0.25, 0.3) is 0 Å². The molecule has 0 aromatic heterocycles. The second-order valence-electron chi connectivity index (χ2n) is 0.644. The molecular formula is C3H6FNaO. The zero-order valence-electron chi connectivity index (χ0n) is 2.78. The number of rotatable bonds is 2. The van der Waals surface area contributed by atoms with Gasteiger partial charge in [0.25, 0.3) is 0 Å². The molecule has 32 valence electrons. The molecule has 0 aromatic carbocycles. The number of alkyl halides is 1. The standard InChI is InChI=1S/C3H5FO.Na.H/c4-2-1-3-5;;/h3H,1-2H2;;. The third-order valence-corrected chi connectivity index (χ3v) is 0.227. The van der Waals surface area contributed by atoms with Crippen LogP contribution in [0.5, 0.6) is 0 Å². The predicted octanol–water partition coefficient (Wildman–Crippen LogP) is -0.104. The molecule has 0 atom stereocenters. The van der Waals surface area contributed by atoms with E-state index in [1.54, 1.807) is 0 Å². The van der Waals surface area contributed by atoms with Gasteiger partial charge in [-0.25, -0.2) is 0 Å². The van der Waals surface area contributed by atoms with Crippen LogP contribution >= 0.6 is 0 Å². The van der Waals surface area contributed by atoms with E-state index >= 15 is 0 Å². The molecule has 1 nitrogen and oxygen atoms in total. The number of carbonyl (C=O) groups is 1. The summed E-state index contributed by atoms with van der Waals surface area (Å²) in [6.07, 6.45) is 0.597. The van der Waals surface area contributed by atoms with Crippen molar-refractivity contribution in [2.24, 2.45) is 0 Å². The van der Waals surface area contributed by atoms with E-state index in [0.717, 1.165) is 0 Å². The van der Waals surface area contributed by atoms with E-state index in [1.807, 2.05) is 0 Å². The second kappa shape index (κ2) is 9.14. The third kappa shape index (κ3) is 8.82. The van der Waals surface area contributed by atoms with Gasteiger partial charge in [0.1, 0.15) is 6.29 Å². The van der Waals surface area contributed by atoms with E-state index in [-0.39, 0.29) is 36.0 Å².